The minimum absolute atomic E-state index is 0.0832. The molecular formula is C13H18FNOS. The summed E-state index contributed by atoms with van der Waals surface area (Å²) in [5.41, 5.74) is 6.12. The molecule has 2 rings (SSSR count). The van der Waals surface area contributed by atoms with Crippen molar-refractivity contribution in [1.82, 2.24) is 0 Å². The second-order valence-corrected chi connectivity index (χ2v) is 5.44. The van der Waals surface area contributed by atoms with Gasteiger partial charge in [0.15, 0.2) is 0 Å². The maximum atomic E-state index is 13.4. The normalized spacial score (nSPS) is 22.4. The fourth-order valence-corrected chi connectivity index (χ4v) is 3.01. The van der Waals surface area contributed by atoms with Crippen molar-refractivity contribution in [3.05, 3.63) is 30.1 Å². The molecule has 2 N–H and O–H groups in total. The van der Waals surface area contributed by atoms with Gasteiger partial charge in [0.05, 0.1) is 6.61 Å². The highest BCUT2D eigenvalue weighted by Gasteiger charge is 2.21. The van der Waals surface area contributed by atoms with E-state index in [2.05, 4.69) is 0 Å². The molecule has 17 heavy (non-hydrogen) atoms. The van der Waals surface area contributed by atoms with E-state index < -0.39 is 0 Å². The quantitative estimate of drug-likeness (QED) is 0.840. The lowest BCUT2D eigenvalue weighted by Gasteiger charge is -2.27. The minimum Gasteiger partial charge on any atom is -0.381 e. The van der Waals surface area contributed by atoms with Gasteiger partial charge < -0.3 is 10.5 Å². The Morgan fingerprint density at radius 3 is 3.00 bits per heavy atom. The molecule has 0 bridgehead atoms. The number of hydrogen-bond acceptors (Lipinski definition) is 3. The zero-order valence-corrected chi connectivity index (χ0v) is 10.6. The molecule has 1 aliphatic heterocycles. The maximum Gasteiger partial charge on any atom is 0.136 e. The Morgan fingerprint density at radius 2 is 2.29 bits per heavy atom. The summed E-state index contributed by atoms with van der Waals surface area (Å²) in [5.74, 6) is 1.00. The maximum absolute atomic E-state index is 13.4. The van der Waals surface area contributed by atoms with E-state index in [1.54, 1.807) is 12.1 Å². The van der Waals surface area contributed by atoms with Crippen LogP contribution in [-0.2, 0) is 4.74 Å². The minimum atomic E-state index is -0.162. The monoisotopic (exact) mass is 255 g/mol. The summed E-state index contributed by atoms with van der Waals surface area (Å²) >= 11 is 1.49. The average Bonchev–Trinajstić information content (AvgIpc) is 2.38. The predicted molar refractivity (Wildman–Crippen MR) is 68.6 cm³/mol. The molecule has 0 radical (unpaired) electrons. The number of nitrogens with two attached hydrogens (primary N) is 1. The molecule has 1 aliphatic rings. The molecule has 0 amide bonds. The molecule has 1 fully saturated rings. The lowest BCUT2D eigenvalue weighted by atomic mass is 9.96. The first-order chi connectivity index (χ1) is 8.27. The number of ether oxygens (including phenoxy) is 1. The van der Waals surface area contributed by atoms with Gasteiger partial charge in [-0.05, 0) is 30.9 Å². The van der Waals surface area contributed by atoms with Crippen LogP contribution in [0, 0.1) is 11.7 Å². The van der Waals surface area contributed by atoms with Gasteiger partial charge in [0.25, 0.3) is 0 Å². The van der Waals surface area contributed by atoms with Crippen molar-refractivity contribution >= 4 is 11.8 Å². The van der Waals surface area contributed by atoms with Crippen molar-refractivity contribution < 1.29 is 9.13 Å². The fourth-order valence-electron chi connectivity index (χ4n) is 1.99. The molecule has 2 nitrogen and oxygen atoms in total. The first-order valence-electron chi connectivity index (χ1n) is 5.98. The summed E-state index contributed by atoms with van der Waals surface area (Å²) in [6.45, 7) is 1.60. The Bertz CT molecular complexity index is 355. The van der Waals surface area contributed by atoms with E-state index in [0.29, 0.717) is 10.8 Å². The molecule has 0 saturated carbocycles. The van der Waals surface area contributed by atoms with E-state index in [0.717, 1.165) is 31.8 Å². The smallest absolute Gasteiger partial charge is 0.136 e. The number of rotatable bonds is 4. The van der Waals surface area contributed by atoms with Crippen LogP contribution in [0.25, 0.3) is 0 Å². The average molecular weight is 255 g/mol. The number of halogens is 1. The Kier molecular flexibility index (Phi) is 4.83. The van der Waals surface area contributed by atoms with E-state index in [-0.39, 0.29) is 11.9 Å². The van der Waals surface area contributed by atoms with Gasteiger partial charge in [-0.1, -0.05) is 12.1 Å². The second kappa shape index (κ2) is 6.38. The summed E-state index contributed by atoms with van der Waals surface area (Å²) in [6.07, 6.45) is 2.21. The first-order valence-corrected chi connectivity index (χ1v) is 6.96. The van der Waals surface area contributed by atoms with E-state index in [4.69, 9.17) is 10.5 Å². The predicted octanol–water partition coefficient (Wildman–Crippen LogP) is 2.67. The largest absolute Gasteiger partial charge is 0.381 e. The molecular weight excluding hydrogens is 237 g/mol. The van der Waals surface area contributed by atoms with Crippen LogP contribution in [0.15, 0.2) is 29.2 Å². The highest BCUT2D eigenvalue weighted by atomic mass is 32.2. The van der Waals surface area contributed by atoms with Gasteiger partial charge >= 0.3 is 0 Å². The molecule has 4 heteroatoms. The van der Waals surface area contributed by atoms with E-state index in [9.17, 15) is 4.39 Å². The summed E-state index contributed by atoms with van der Waals surface area (Å²) < 4.78 is 18.8. The van der Waals surface area contributed by atoms with Gasteiger partial charge in [-0.15, -0.1) is 11.8 Å². The third-order valence-electron chi connectivity index (χ3n) is 3.07. The molecule has 1 aromatic carbocycles. The van der Waals surface area contributed by atoms with Crippen molar-refractivity contribution in [1.29, 1.82) is 0 Å². The van der Waals surface area contributed by atoms with Crippen molar-refractivity contribution in [3.8, 4) is 0 Å². The number of thioether (sulfide) groups is 1. The van der Waals surface area contributed by atoms with Crippen molar-refractivity contribution in [2.45, 2.75) is 23.8 Å². The lowest BCUT2D eigenvalue weighted by Crippen LogP contribution is -2.37. The third-order valence-corrected chi connectivity index (χ3v) is 4.26. The van der Waals surface area contributed by atoms with Crippen LogP contribution in [0.1, 0.15) is 12.8 Å². The zero-order chi connectivity index (χ0) is 12.1. The van der Waals surface area contributed by atoms with Crippen LogP contribution >= 0.6 is 11.8 Å². The van der Waals surface area contributed by atoms with Crippen LogP contribution in [0.4, 0.5) is 4.39 Å². The van der Waals surface area contributed by atoms with Gasteiger partial charge in [0.2, 0.25) is 0 Å². The third kappa shape index (κ3) is 3.69. The molecule has 1 saturated heterocycles. The summed E-state index contributed by atoms with van der Waals surface area (Å²) in [7, 11) is 0. The van der Waals surface area contributed by atoms with E-state index >= 15 is 0 Å². The summed E-state index contributed by atoms with van der Waals surface area (Å²) in [4.78, 5) is 0.680. The molecule has 2 atom stereocenters. The van der Waals surface area contributed by atoms with Crippen LogP contribution in [-0.4, -0.2) is 25.0 Å². The molecule has 1 heterocycles. The van der Waals surface area contributed by atoms with E-state index in [1.807, 2.05) is 6.07 Å². The van der Waals surface area contributed by atoms with E-state index in [1.165, 1.54) is 17.8 Å². The van der Waals surface area contributed by atoms with Crippen LogP contribution in [0.2, 0.25) is 0 Å². The van der Waals surface area contributed by atoms with Gasteiger partial charge in [-0.25, -0.2) is 4.39 Å². The topological polar surface area (TPSA) is 35.2 Å². The first kappa shape index (κ1) is 12.9. The summed E-state index contributed by atoms with van der Waals surface area (Å²) in [6, 6.07) is 6.91. The fraction of sp³-hybridized carbons (Fsp3) is 0.538. The summed E-state index contributed by atoms with van der Waals surface area (Å²) in [5, 5.41) is 0. The lowest BCUT2D eigenvalue weighted by molar-refractivity contribution is 0.0478. The SMILES string of the molecule is NC(CSc1ccccc1F)C1CCCOC1. The standard InChI is InChI=1S/C13H18FNOS/c14-11-5-1-2-6-13(11)17-9-12(15)10-4-3-7-16-8-10/h1-2,5-6,10,12H,3-4,7-9,15H2. The molecule has 2 unspecified atom stereocenters. The van der Waals surface area contributed by atoms with Crippen LogP contribution in [0.3, 0.4) is 0 Å². The molecule has 1 aromatic rings. The van der Waals surface area contributed by atoms with Gasteiger partial charge in [-0.2, -0.15) is 0 Å². The van der Waals surface area contributed by atoms with Crippen molar-refractivity contribution in [2.24, 2.45) is 11.7 Å². The van der Waals surface area contributed by atoms with Crippen LogP contribution < -0.4 is 5.73 Å². The Labute approximate surface area is 106 Å². The number of benzene rings is 1. The molecule has 0 spiro atoms. The zero-order valence-electron chi connectivity index (χ0n) is 9.77. The van der Waals surface area contributed by atoms with Crippen molar-refractivity contribution in [2.75, 3.05) is 19.0 Å². The second-order valence-electron chi connectivity index (χ2n) is 4.38. The Morgan fingerprint density at radius 1 is 1.47 bits per heavy atom. The highest BCUT2D eigenvalue weighted by molar-refractivity contribution is 7.99. The van der Waals surface area contributed by atoms with Gasteiger partial charge in [0.1, 0.15) is 5.82 Å². The molecule has 0 aromatic heterocycles. The molecule has 0 aliphatic carbocycles. The van der Waals surface area contributed by atoms with Gasteiger partial charge in [0, 0.05) is 23.3 Å². The van der Waals surface area contributed by atoms with Crippen LogP contribution in [0.5, 0.6) is 0 Å². The Balaban J connectivity index is 1.83. The molecule has 94 valence electrons. The highest BCUT2D eigenvalue weighted by Crippen LogP contribution is 2.25. The van der Waals surface area contributed by atoms with Gasteiger partial charge in [-0.3, -0.25) is 0 Å². The number of hydrogen-bond donors (Lipinski definition) is 1. The Hall–Kier alpha value is -0.580. The van der Waals surface area contributed by atoms with Crippen molar-refractivity contribution in [3.63, 3.8) is 0 Å².